The highest BCUT2D eigenvalue weighted by molar-refractivity contribution is 7.89. The van der Waals surface area contributed by atoms with E-state index in [1.165, 1.54) is 26.2 Å². The van der Waals surface area contributed by atoms with Crippen LogP contribution in [0.1, 0.15) is 26.7 Å². The molecule has 0 unspecified atom stereocenters. The van der Waals surface area contributed by atoms with Crippen molar-refractivity contribution in [1.29, 1.82) is 0 Å². The van der Waals surface area contributed by atoms with Gasteiger partial charge in [-0.3, -0.25) is 4.79 Å². The van der Waals surface area contributed by atoms with Gasteiger partial charge in [0.1, 0.15) is 0 Å². The molecule has 0 atom stereocenters. The minimum atomic E-state index is -3.48. The smallest absolute Gasteiger partial charge is 0.242 e. The lowest BCUT2D eigenvalue weighted by Crippen LogP contribution is -2.23. The van der Waals surface area contributed by atoms with Gasteiger partial charge in [0.25, 0.3) is 0 Å². The number of anilines is 1. The second-order valence-corrected chi connectivity index (χ2v) is 6.97. The van der Waals surface area contributed by atoms with Gasteiger partial charge in [-0.25, -0.2) is 12.7 Å². The third-order valence-corrected chi connectivity index (χ3v) is 5.05. The van der Waals surface area contributed by atoms with E-state index in [0.29, 0.717) is 5.69 Å². The summed E-state index contributed by atoms with van der Waals surface area (Å²) in [5.74, 6) is -0.126. The minimum Gasteiger partial charge on any atom is -0.326 e. The quantitative estimate of drug-likeness (QED) is 0.876. The van der Waals surface area contributed by atoms with Crippen LogP contribution in [0.2, 0.25) is 0 Å². The Hall–Kier alpha value is -1.40. The zero-order valence-electron chi connectivity index (χ0n) is 12.4. The van der Waals surface area contributed by atoms with Crippen molar-refractivity contribution in [3.63, 3.8) is 0 Å². The van der Waals surface area contributed by atoms with Gasteiger partial charge < -0.3 is 5.32 Å². The molecule has 0 spiro atoms. The Morgan fingerprint density at radius 1 is 1.25 bits per heavy atom. The fraction of sp³-hybridized carbons (Fsp3) is 0.500. The molecule has 1 rings (SSSR count). The average Bonchev–Trinajstić information content (AvgIpc) is 2.40. The number of nitrogens with one attached hydrogen (secondary N) is 1. The lowest BCUT2D eigenvalue weighted by molar-refractivity contribution is -0.120. The van der Waals surface area contributed by atoms with Crippen LogP contribution >= 0.6 is 0 Å². The van der Waals surface area contributed by atoms with Crippen molar-refractivity contribution >= 4 is 21.6 Å². The Kier molecular flexibility index (Phi) is 5.71. The summed E-state index contributed by atoms with van der Waals surface area (Å²) in [6.45, 7) is 3.92. The zero-order valence-corrected chi connectivity index (χ0v) is 13.2. The Bertz CT molecular complexity index is 564. The van der Waals surface area contributed by atoms with Gasteiger partial charge in [0.2, 0.25) is 15.9 Å². The molecule has 0 saturated heterocycles. The third kappa shape index (κ3) is 3.80. The van der Waals surface area contributed by atoms with E-state index < -0.39 is 10.0 Å². The van der Waals surface area contributed by atoms with Crippen molar-refractivity contribution in [2.75, 3.05) is 19.4 Å². The molecular weight excluding hydrogens is 276 g/mol. The number of benzene rings is 1. The van der Waals surface area contributed by atoms with Crippen LogP contribution < -0.4 is 5.32 Å². The van der Waals surface area contributed by atoms with Gasteiger partial charge in [-0.05, 0) is 31.0 Å². The normalized spacial score (nSPS) is 11.9. The van der Waals surface area contributed by atoms with Gasteiger partial charge in [-0.2, -0.15) is 0 Å². The molecule has 0 aliphatic carbocycles. The first kappa shape index (κ1) is 16.7. The second kappa shape index (κ2) is 6.85. The standard InChI is InChI=1S/C14H22N2O3S/c1-5-11(6-2)14(17)15-12-8-7-9-13(10-12)20(18,19)16(3)4/h7-11H,5-6H2,1-4H3,(H,15,17). The van der Waals surface area contributed by atoms with Crippen LogP contribution in [0.25, 0.3) is 0 Å². The molecule has 0 bridgehead atoms. The maximum absolute atomic E-state index is 12.0. The predicted octanol–water partition coefficient (Wildman–Crippen LogP) is 2.31. The summed E-state index contributed by atoms with van der Waals surface area (Å²) in [5, 5.41) is 2.77. The van der Waals surface area contributed by atoms with E-state index >= 15 is 0 Å². The van der Waals surface area contributed by atoms with Crippen LogP contribution in [0.15, 0.2) is 29.2 Å². The lowest BCUT2D eigenvalue weighted by Gasteiger charge is -2.15. The van der Waals surface area contributed by atoms with Crippen LogP contribution in [0.3, 0.4) is 0 Å². The Morgan fingerprint density at radius 2 is 1.85 bits per heavy atom. The van der Waals surface area contributed by atoms with Crippen LogP contribution in [-0.2, 0) is 14.8 Å². The number of carbonyl (C=O) groups excluding carboxylic acids is 1. The van der Waals surface area contributed by atoms with Crippen molar-refractivity contribution in [2.45, 2.75) is 31.6 Å². The SMILES string of the molecule is CCC(CC)C(=O)Nc1cccc(S(=O)(=O)N(C)C)c1. The zero-order chi connectivity index (χ0) is 15.3. The van der Waals surface area contributed by atoms with E-state index in [0.717, 1.165) is 17.1 Å². The lowest BCUT2D eigenvalue weighted by atomic mass is 10.0. The highest BCUT2D eigenvalue weighted by atomic mass is 32.2. The van der Waals surface area contributed by atoms with Gasteiger partial charge in [-0.1, -0.05) is 19.9 Å². The van der Waals surface area contributed by atoms with Crippen molar-refractivity contribution in [3.05, 3.63) is 24.3 Å². The van der Waals surface area contributed by atoms with Gasteiger partial charge >= 0.3 is 0 Å². The summed E-state index contributed by atoms with van der Waals surface area (Å²) in [4.78, 5) is 12.2. The summed E-state index contributed by atoms with van der Waals surface area (Å²) in [7, 11) is -0.531. The third-order valence-electron chi connectivity index (χ3n) is 3.24. The molecule has 1 N–H and O–H groups in total. The number of hydrogen-bond donors (Lipinski definition) is 1. The summed E-state index contributed by atoms with van der Waals surface area (Å²) < 4.78 is 25.2. The van der Waals surface area contributed by atoms with E-state index in [4.69, 9.17) is 0 Å². The Morgan fingerprint density at radius 3 is 2.35 bits per heavy atom. The number of sulfonamides is 1. The van der Waals surface area contributed by atoms with Gasteiger partial charge in [0.15, 0.2) is 0 Å². The number of hydrogen-bond acceptors (Lipinski definition) is 3. The van der Waals surface area contributed by atoms with Crippen LogP contribution in [0.4, 0.5) is 5.69 Å². The number of nitrogens with zero attached hydrogens (tertiary/aromatic N) is 1. The molecule has 0 saturated carbocycles. The maximum Gasteiger partial charge on any atom is 0.242 e. The Labute approximate surface area is 121 Å². The summed E-state index contributed by atoms with van der Waals surface area (Å²) in [6.07, 6.45) is 1.52. The fourth-order valence-corrected chi connectivity index (χ4v) is 2.80. The van der Waals surface area contributed by atoms with Crippen molar-refractivity contribution in [1.82, 2.24) is 4.31 Å². The first-order valence-corrected chi connectivity index (χ1v) is 8.10. The molecule has 5 nitrogen and oxygen atoms in total. The molecule has 1 aromatic carbocycles. The number of amides is 1. The topological polar surface area (TPSA) is 66.5 Å². The summed E-state index contributed by atoms with van der Waals surface area (Å²) in [5.41, 5.74) is 0.504. The van der Waals surface area contributed by atoms with E-state index in [1.807, 2.05) is 13.8 Å². The van der Waals surface area contributed by atoms with E-state index in [-0.39, 0.29) is 16.7 Å². The summed E-state index contributed by atoms with van der Waals surface area (Å²) >= 11 is 0. The van der Waals surface area contributed by atoms with E-state index in [1.54, 1.807) is 12.1 Å². The molecule has 20 heavy (non-hydrogen) atoms. The molecule has 1 aromatic rings. The van der Waals surface area contributed by atoms with Crippen molar-refractivity contribution in [2.24, 2.45) is 5.92 Å². The molecule has 6 heteroatoms. The van der Waals surface area contributed by atoms with Gasteiger partial charge in [-0.15, -0.1) is 0 Å². The molecule has 0 fully saturated rings. The van der Waals surface area contributed by atoms with Crippen LogP contribution in [-0.4, -0.2) is 32.7 Å². The van der Waals surface area contributed by atoms with E-state index in [2.05, 4.69) is 5.32 Å². The maximum atomic E-state index is 12.0. The molecular formula is C14H22N2O3S. The highest BCUT2D eigenvalue weighted by Crippen LogP contribution is 2.19. The molecule has 0 aliphatic heterocycles. The molecule has 0 heterocycles. The molecule has 112 valence electrons. The molecule has 0 aliphatic rings. The monoisotopic (exact) mass is 298 g/mol. The van der Waals surface area contributed by atoms with E-state index in [9.17, 15) is 13.2 Å². The van der Waals surface area contributed by atoms with Crippen LogP contribution in [0.5, 0.6) is 0 Å². The highest BCUT2D eigenvalue weighted by Gasteiger charge is 2.19. The largest absolute Gasteiger partial charge is 0.326 e. The molecule has 1 amide bonds. The van der Waals surface area contributed by atoms with Gasteiger partial charge in [0.05, 0.1) is 4.90 Å². The first-order chi connectivity index (χ1) is 9.32. The first-order valence-electron chi connectivity index (χ1n) is 6.66. The molecule has 0 aromatic heterocycles. The Balaban J connectivity index is 2.98. The van der Waals surface area contributed by atoms with Crippen LogP contribution in [0, 0.1) is 5.92 Å². The van der Waals surface area contributed by atoms with Crippen molar-refractivity contribution < 1.29 is 13.2 Å². The number of rotatable bonds is 6. The van der Waals surface area contributed by atoms with Gasteiger partial charge in [0, 0.05) is 25.7 Å². The second-order valence-electron chi connectivity index (χ2n) is 4.82. The summed E-state index contributed by atoms with van der Waals surface area (Å²) in [6, 6.07) is 6.31. The minimum absolute atomic E-state index is 0.0517. The molecule has 0 radical (unpaired) electrons. The fourth-order valence-electron chi connectivity index (χ4n) is 1.85. The van der Waals surface area contributed by atoms with Crippen molar-refractivity contribution in [3.8, 4) is 0 Å². The number of carbonyl (C=O) groups is 1. The average molecular weight is 298 g/mol. The predicted molar refractivity (Wildman–Crippen MR) is 80.0 cm³/mol.